The normalized spacial score (nSPS) is 20.7. The fraction of sp³-hybridized carbons (Fsp3) is 0.167. The summed E-state index contributed by atoms with van der Waals surface area (Å²) in [5.74, 6) is 0. The topological polar surface area (TPSA) is 0 Å². The molecule has 1 aliphatic carbocycles. The monoisotopic (exact) mass is 156 g/mol. The molecular formula is C12H10. The van der Waals surface area contributed by atoms with Crippen molar-refractivity contribution in [1.29, 1.82) is 0 Å². The molecule has 0 nitrogen and oxygen atoms in total. The molecule has 58 valence electrons. The van der Waals surface area contributed by atoms with Gasteiger partial charge in [0.15, 0.2) is 0 Å². The molecule has 0 bridgehead atoms. The van der Waals surface area contributed by atoms with E-state index in [4.69, 9.17) is 2.74 Å². The van der Waals surface area contributed by atoms with E-state index in [9.17, 15) is 0 Å². The van der Waals surface area contributed by atoms with Gasteiger partial charge >= 0.3 is 0 Å². The highest BCUT2D eigenvalue weighted by atomic mass is 14.2. The molecule has 0 aliphatic heterocycles. The van der Waals surface area contributed by atoms with Crippen LogP contribution in [-0.4, -0.2) is 0 Å². The van der Waals surface area contributed by atoms with Gasteiger partial charge in [0.25, 0.3) is 0 Å². The van der Waals surface area contributed by atoms with Gasteiger partial charge in [-0.25, -0.2) is 0 Å². The Kier molecular flexibility index (Phi) is 0.815. The molecule has 0 unspecified atom stereocenters. The lowest BCUT2D eigenvalue weighted by Crippen LogP contribution is -1.76. The van der Waals surface area contributed by atoms with Gasteiger partial charge in [-0.05, 0) is 34.7 Å². The van der Waals surface area contributed by atoms with Crippen LogP contribution in [0.25, 0.3) is 10.8 Å². The average molecular weight is 156 g/mol. The van der Waals surface area contributed by atoms with Crippen molar-refractivity contribution in [2.75, 3.05) is 0 Å². The first-order chi connectivity index (χ1) is 6.68. The van der Waals surface area contributed by atoms with Crippen molar-refractivity contribution in [1.82, 2.24) is 0 Å². The molecule has 0 amide bonds. The third-order valence-corrected chi connectivity index (χ3v) is 2.46. The molecule has 1 aliphatic rings. The molecule has 2 aromatic rings. The van der Waals surface area contributed by atoms with Gasteiger partial charge in [0.1, 0.15) is 0 Å². The van der Waals surface area contributed by atoms with E-state index in [-0.39, 0.29) is 0 Å². The largest absolute Gasteiger partial charge is 0.0614 e. The first-order valence-electron chi connectivity index (χ1n) is 5.20. The van der Waals surface area contributed by atoms with Crippen molar-refractivity contribution < 1.29 is 2.74 Å². The van der Waals surface area contributed by atoms with Crippen molar-refractivity contribution >= 4 is 10.8 Å². The summed E-state index contributed by atoms with van der Waals surface area (Å²) in [6.45, 7) is 0. The summed E-state index contributed by atoms with van der Waals surface area (Å²) in [6.07, 6.45) is -0.660. The molecule has 2 aromatic carbocycles. The fourth-order valence-corrected chi connectivity index (χ4v) is 1.90. The van der Waals surface area contributed by atoms with Crippen LogP contribution in [0.2, 0.25) is 0 Å². The van der Waals surface area contributed by atoms with E-state index < -0.39 is 6.37 Å². The predicted molar refractivity (Wildman–Crippen MR) is 51.4 cm³/mol. The van der Waals surface area contributed by atoms with E-state index >= 15 is 0 Å². The van der Waals surface area contributed by atoms with Crippen molar-refractivity contribution in [2.45, 2.75) is 12.8 Å². The minimum Gasteiger partial charge on any atom is -0.0614 e. The molecule has 0 N–H and O–H groups in total. The van der Waals surface area contributed by atoms with Gasteiger partial charge < -0.3 is 0 Å². The first-order valence-corrected chi connectivity index (χ1v) is 4.20. The Morgan fingerprint density at radius 1 is 1.00 bits per heavy atom. The average Bonchev–Trinajstić information content (AvgIpc) is 2.41. The smallest absolute Gasteiger partial charge is 0.0320 e. The quantitative estimate of drug-likeness (QED) is 0.550. The Labute approximate surface area is 74.6 Å². The minimum atomic E-state index is -1.18. The van der Waals surface area contributed by atoms with Gasteiger partial charge in [-0.1, -0.05) is 36.4 Å². The van der Waals surface area contributed by atoms with Gasteiger partial charge in [0.05, 0.1) is 0 Å². The van der Waals surface area contributed by atoms with Crippen LogP contribution in [0.5, 0.6) is 0 Å². The second-order valence-electron chi connectivity index (χ2n) is 3.17. The van der Waals surface area contributed by atoms with Gasteiger partial charge in [-0.2, -0.15) is 0 Å². The van der Waals surface area contributed by atoms with E-state index in [0.717, 1.165) is 21.9 Å². The van der Waals surface area contributed by atoms with Crippen LogP contribution in [0.15, 0.2) is 36.4 Å². The Morgan fingerprint density at radius 2 is 1.75 bits per heavy atom. The van der Waals surface area contributed by atoms with Crippen LogP contribution < -0.4 is 0 Å². The van der Waals surface area contributed by atoms with E-state index in [1.54, 1.807) is 0 Å². The Morgan fingerprint density at radius 3 is 2.58 bits per heavy atom. The highest BCUT2D eigenvalue weighted by Gasteiger charge is 2.11. The zero-order chi connectivity index (χ0) is 9.76. The third-order valence-electron chi connectivity index (χ3n) is 2.46. The second kappa shape index (κ2) is 2.10. The summed E-state index contributed by atoms with van der Waals surface area (Å²) >= 11 is 0. The van der Waals surface area contributed by atoms with Crippen LogP contribution in [0, 0.1) is 0 Å². The number of benzene rings is 2. The number of hydrogen-bond donors (Lipinski definition) is 0. The molecular weight excluding hydrogens is 144 g/mol. The van der Waals surface area contributed by atoms with Gasteiger partial charge in [-0.3, -0.25) is 0 Å². The molecule has 0 fully saturated rings. The summed E-state index contributed by atoms with van der Waals surface area (Å²) in [5, 5.41) is 2.28. The summed E-state index contributed by atoms with van der Waals surface area (Å²) in [5.41, 5.74) is 1.99. The molecule has 0 saturated heterocycles. The Bertz CT molecular complexity index is 509. The Hall–Kier alpha value is -1.30. The van der Waals surface area contributed by atoms with Crippen LogP contribution >= 0.6 is 0 Å². The molecule has 0 radical (unpaired) electrons. The number of rotatable bonds is 0. The molecule has 3 rings (SSSR count). The lowest BCUT2D eigenvalue weighted by Gasteiger charge is -1.99. The summed E-state index contributed by atoms with van der Waals surface area (Å²) in [4.78, 5) is 0. The van der Waals surface area contributed by atoms with Gasteiger partial charge in [0.2, 0.25) is 0 Å². The second-order valence-corrected chi connectivity index (χ2v) is 3.17. The maximum Gasteiger partial charge on any atom is 0.0320 e. The highest BCUT2D eigenvalue weighted by molar-refractivity contribution is 5.90. The lowest BCUT2D eigenvalue weighted by atomic mass is 10.1. The fourth-order valence-electron chi connectivity index (χ4n) is 1.90. The molecule has 0 heteroatoms. The zero-order valence-electron chi connectivity index (χ0n) is 8.67. The van der Waals surface area contributed by atoms with Crippen molar-refractivity contribution in [3.63, 3.8) is 0 Å². The zero-order valence-corrected chi connectivity index (χ0v) is 6.67. The molecule has 0 atom stereocenters. The van der Waals surface area contributed by atoms with Gasteiger partial charge in [-0.15, -0.1) is 0 Å². The minimum absolute atomic E-state index is 0.518. The van der Waals surface area contributed by atoms with Crippen molar-refractivity contribution in [3.05, 3.63) is 47.5 Å². The van der Waals surface area contributed by atoms with Crippen molar-refractivity contribution in [3.8, 4) is 0 Å². The molecule has 0 heterocycles. The number of aryl methyl sites for hydroxylation is 2. The summed E-state index contributed by atoms with van der Waals surface area (Å²) in [7, 11) is 0. The maximum atomic E-state index is 7.92. The number of hydrogen-bond acceptors (Lipinski definition) is 0. The van der Waals surface area contributed by atoms with Crippen LogP contribution in [-0.2, 0) is 12.8 Å². The van der Waals surface area contributed by atoms with E-state index in [2.05, 4.69) is 0 Å². The Balaban J connectivity index is 2.50. The van der Waals surface area contributed by atoms with E-state index in [1.807, 2.05) is 36.4 Å². The lowest BCUT2D eigenvalue weighted by molar-refractivity contribution is 1.02. The SMILES string of the molecule is [2H]C1([2H])Cc2cccc3cccc1c23. The third kappa shape index (κ3) is 0.672. The standard InChI is InChI=1S/C12H10/c1-3-9-4-2-6-11-8-7-10(5-1)12(9)11/h1-6H,7-8H2/i7D2. The maximum absolute atomic E-state index is 7.92. The van der Waals surface area contributed by atoms with Crippen LogP contribution in [0.3, 0.4) is 0 Å². The van der Waals surface area contributed by atoms with Crippen molar-refractivity contribution in [2.24, 2.45) is 0 Å². The summed E-state index contributed by atoms with van der Waals surface area (Å²) < 4.78 is 15.8. The molecule has 12 heavy (non-hydrogen) atoms. The molecule has 0 spiro atoms. The summed E-state index contributed by atoms with van der Waals surface area (Å²) in [6, 6.07) is 12.0. The predicted octanol–water partition coefficient (Wildman–Crippen LogP) is 2.94. The van der Waals surface area contributed by atoms with Crippen LogP contribution in [0.4, 0.5) is 0 Å². The van der Waals surface area contributed by atoms with E-state index in [0.29, 0.717) is 6.42 Å². The van der Waals surface area contributed by atoms with Gasteiger partial charge in [0, 0.05) is 2.74 Å². The highest BCUT2D eigenvalue weighted by Crippen LogP contribution is 2.29. The van der Waals surface area contributed by atoms with Crippen LogP contribution in [0.1, 0.15) is 13.9 Å². The van der Waals surface area contributed by atoms with E-state index in [1.165, 1.54) is 0 Å². The molecule has 0 aromatic heterocycles. The molecule has 0 saturated carbocycles. The first kappa shape index (κ1) is 4.66.